The highest BCUT2D eigenvalue weighted by Gasteiger charge is 2.35. The smallest absolute Gasteiger partial charge is 0.340 e. The van der Waals surface area contributed by atoms with E-state index >= 15 is 0 Å². The SMILES string of the molecule is CCCCOC(=O)c1ccccc1NC(=O)C1CC(=O)N(c2ccc(C)cc2)C1. The van der Waals surface area contributed by atoms with Gasteiger partial charge in [0.2, 0.25) is 11.8 Å². The van der Waals surface area contributed by atoms with Gasteiger partial charge >= 0.3 is 5.97 Å². The number of carbonyl (C=O) groups is 3. The van der Waals surface area contributed by atoms with Crippen LogP contribution in [-0.4, -0.2) is 30.9 Å². The number of para-hydroxylation sites is 1. The Balaban J connectivity index is 1.67. The number of aryl methyl sites for hydroxylation is 1. The van der Waals surface area contributed by atoms with Gasteiger partial charge in [-0.1, -0.05) is 43.2 Å². The number of rotatable bonds is 7. The Labute approximate surface area is 170 Å². The average Bonchev–Trinajstić information content (AvgIpc) is 3.11. The molecule has 0 spiro atoms. The van der Waals surface area contributed by atoms with Crippen molar-refractivity contribution in [1.82, 2.24) is 0 Å². The van der Waals surface area contributed by atoms with Crippen LogP contribution in [0.3, 0.4) is 0 Å². The second-order valence-corrected chi connectivity index (χ2v) is 7.27. The lowest BCUT2D eigenvalue weighted by Gasteiger charge is -2.17. The van der Waals surface area contributed by atoms with Gasteiger partial charge in [-0.05, 0) is 37.6 Å². The molecule has 2 amide bonds. The van der Waals surface area contributed by atoms with E-state index < -0.39 is 11.9 Å². The van der Waals surface area contributed by atoms with Gasteiger partial charge < -0.3 is 15.0 Å². The fourth-order valence-corrected chi connectivity index (χ4v) is 3.25. The summed E-state index contributed by atoms with van der Waals surface area (Å²) in [7, 11) is 0. The number of carbonyl (C=O) groups excluding carboxylic acids is 3. The molecule has 0 radical (unpaired) electrons. The van der Waals surface area contributed by atoms with Crippen molar-refractivity contribution in [2.45, 2.75) is 33.1 Å². The molecular formula is C23H26N2O4. The first-order valence-corrected chi connectivity index (χ1v) is 9.93. The first-order chi connectivity index (χ1) is 14.0. The van der Waals surface area contributed by atoms with Gasteiger partial charge in [0.1, 0.15) is 0 Å². The van der Waals surface area contributed by atoms with Crippen molar-refractivity contribution in [3.63, 3.8) is 0 Å². The minimum absolute atomic E-state index is 0.0822. The van der Waals surface area contributed by atoms with Gasteiger partial charge in [-0.3, -0.25) is 9.59 Å². The van der Waals surface area contributed by atoms with Crippen molar-refractivity contribution in [1.29, 1.82) is 0 Å². The predicted octanol–water partition coefficient (Wildman–Crippen LogP) is 3.94. The standard InChI is InChI=1S/C23H26N2O4/c1-3-4-13-29-23(28)19-7-5-6-8-20(19)24-22(27)17-14-21(26)25(15-17)18-11-9-16(2)10-12-18/h5-12,17H,3-4,13-15H2,1-2H3,(H,24,27). The number of hydrogen-bond donors (Lipinski definition) is 1. The zero-order chi connectivity index (χ0) is 20.8. The molecule has 2 aromatic carbocycles. The van der Waals surface area contributed by atoms with Crippen molar-refractivity contribution in [3.8, 4) is 0 Å². The number of hydrogen-bond acceptors (Lipinski definition) is 4. The molecule has 1 heterocycles. The molecule has 1 unspecified atom stereocenters. The summed E-state index contributed by atoms with van der Waals surface area (Å²) < 4.78 is 5.27. The molecule has 2 aromatic rings. The fourth-order valence-electron chi connectivity index (χ4n) is 3.25. The van der Waals surface area contributed by atoms with Crippen LogP contribution in [0.25, 0.3) is 0 Å². The summed E-state index contributed by atoms with van der Waals surface area (Å²) in [5, 5.41) is 2.81. The maximum absolute atomic E-state index is 12.8. The summed E-state index contributed by atoms with van der Waals surface area (Å²) in [6, 6.07) is 14.4. The third-order valence-corrected chi connectivity index (χ3v) is 4.98. The second kappa shape index (κ2) is 9.37. The average molecular weight is 394 g/mol. The maximum Gasteiger partial charge on any atom is 0.340 e. The van der Waals surface area contributed by atoms with E-state index in [9.17, 15) is 14.4 Å². The van der Waals surface area contributed by atoms with Gasteiger partial charge in [0.15, 0.2) is 0 Å². The van der Waals surface area contributed by atoms with Gasteiger partial charge in [0, 0.05) is 18.7 Å². The zero-order valence-electron chi connectivity index (χ0n) is 16.8. The van der Waals surface area contributed by atoms with E-state index in [1.54, 1.807) is 29.2 Å². The van der Waals surface area contributed by atoms with Crippen LogP contribution in [0, 0.1) is 12.8 Å². The molecule has 6 heteroatoms. The molecule has 152 valence electrons. The number of anilines is 2. The summed E-state index contributed by atoms with van der Waals surface area (Å²) in [4.78, 5) is 39.2. The van der Waals surface area contributed by atoms with Gasteiger partial charge in [-0.2, -0.15) is 0 Å². The van der Waals surface area contributed by atoms with Crippen molar-refractivity contribution in [2.75, 3.05) is 23.4 Å². The van der Waals surface area contributed by atoms with Crippen LogP contribution in [0.1, 0.15) is 42.1 Å². The molecule has 3 rings (SSSR count). The largest absolute Gasteiger partial charge is 0.462 e. The minimum atomic E-state index is -0.479. The highest BCUT2D eigenvalue weighted by atomic mass is 16.5. The van der Waals surface area contributed by atoms with Crippen LogP contribution in [0.15, 0.2) is 48.5 Å². The third-order valence-electron chi connectivity index (χ3n) is 4.98. The Morgan fingerprint density at radius 1 is 1.14 bits per heavy atom. The van der Waals surface area contributed by atoms with Gasteiger partial charge in [0.25, 0.3) is 0 Å². The predicted molar refractivity (Wildman–Crippen MR) is 112 cm³/mol. The Bertz CT molecular complexity index is 892. The Morgan fingerprint density at radius 2 is 1.86 bits per heavy atom. The number of benzene rings is 2. The first kappa shape index (κ1) is 20.6. The quantitative estimate of drug-likeness (QED) is 0.570. The van der Waals surface area contributed by atoms with Crippen molar-refractivity contribution in [2.24, 2.45) is 5.92 Å². The van der Waals surface area contributed by atoms with Crippen molar-refractivity contribution in [3.05, 3.63) is 59.7 Å². The summed E-state index contributed by atoms with van der Waals surface area (Å²) >= 11 is 0. The number of ether oxygens (including phenoxy) is 1. The summed E-state index contributed by atoms with van der Waals surface area (Å²) in [5.74, 6) is -1.30. The normalized spacial score (nSPS) is 16.0. The molecule has 1 fully saturated rings. The highest BCUT2D eigenvalue weighted by molar-refractivity contribution is 6.06. The van der Waals surface area contributed by atoms with Gasteiger partial charge in [-0.25, -0.2) is 4.79 Å². The van der Waals surface area contributed by atoms with Crippen LogP contribution < -0.4 is 10.2 Å². The minimum Gasteiger partial charge on any atom is -0.462 e. The molecule has 1 N–H and O–H groups in total. The van der Waals surface area contributed by atoms with E-state index in [1.165, 1.54) is 0 Å². The Morgan fingerprint density at radius 3 is 2.59 bits per heavy atom. The number of nitrogens with one attached hydrogen (secondary N) is 1. The molecule has 0 bridgehead atoms. The third kappa shape index (κ3) is 5.02. The zero-order valence-corrected chi connectivity index (χ0v) is 16.8. The molecular weight excluding hydrogens is 368 g/mol. The molecule has 1 aliphatic rings. The highest BCUT2D eigenvalue weighted by Crippen LogP contribution is 2.27. The summed E-state index contributed by atoms with van der Waals surface area (Å²) in [5.41, 5.74) is 2.62. The maximum atomic E-state index is 12.8. The van der Waals surface area contributed by atoms with Gasteiger partial charge in [0.05, 0.1) is 23.8 Å². The summed E-state index contributed by atoms with van der Waals surface area (Å²) in [6.07, 6.45) is 1.86. The van der Waals surface area contributed by atoms with E-state index in [1.807, 2.05) is 38.1 Å². The molecule has 0 aliphatic carbocycles. The van der Waals surface area contributed by atoms with E-state index in [-0.39, 0.29) is 18.2 Å². The van der Waals surface area contributed by atoms with E-state index in [0.717, 1.165) is 24.1 Å². The van der Waals surface area contributed by atoms with E-state index in [2.05, 4.69) is 5.32 Å². The lowest BCUT2D eigenvalue weighted by atomic mass is 10.1. The first-order valence-electron chi connectivity index (χ1n) is 9.93. The Hall–Kier alpha value is -3.15. The number of amides is 2. The molecule has 0 saturated carbocycles. The molecule has 1 saturated heterocycles. The second-order valence-electron chi connectivity index (χ2n) is 7.27. The van der Waals surface area contributed by atoms with E-state index in [4.69, 9.17) is 4.74 Å². The van der Waals surface area contributed by atoms with Crippen LogP contribution >= 0.6 is 0 Å². The lowest BCUT2D eigenvalue weighted by molar-refractivity contribution is -0.122. The monoisotopic (exact) mass is 394 g/mol. The van der Waals surface area contributed by atoms with Crippen LogP contribution in [0.2, 0.25) is 0 Å². The van der Waals surface area contributed by atoms with Crippen LogP contribution in [-0.2, 0) is 14.3 Å². The topological polar surface area (TPSA) is 75.7 Å². The lowest BCUT2D eigenvalue weighted by Crippen LogP contribution is -2.28. The number of nitrogens with zero attached hydrogens (tertiary/aromatic N) is 1. The number of unbranched alkanes of at least 4 members (excludes halogenated alkanes) is 1. The fraction of sp³-hybridized carbons (Fsp3) is 0.348. The molecule has 1 aliphatic heterocycles. The molecule has 1 atom stereocenters. The van der Waals surface area contributed by atoms with Crippen LogP contribution in [0.5, 0.6) is 0 Å². The van der Waals surface area contributed by atoms with Gasteiger partial charge in [-0.15, -0.1) is 0 Å². The molecule has 6 nitrogen and oxygen atoms in total. The van der Waals surface area contributed by atoms with Crippen molar-refractivity contribution >= 4 is 29.2 Å². The van der Waals surface area contributed by atoms with Crippen LogP contribution in [0.4, 0.5) is 11.4 Å². The number of esters is 1. The van der Waals surface area contributed by atoms with E-state index in [0.29, 0.717) is 24.4 Å². The molecule has 0 aromatic heterocycles. The Kier molecular flexibility index (Phi) is 6.65. The summed E-state index contributed by atoms with van der Waals surface area (Å²) in [6.45, 7) is 4.67. The molecule has 29 heavy (non-hydrogen) atoms. The van der Waals surface area contributed by atoms with Crippen molar-refractivity contribution < 1.29 is 19.1 Å².